The number of hydrogen-bond donors (Lipinski definition) is 1. The smallest absolute Gasteiger partial charge is 0.143 e. The maximum Gasteiger partial charge on any atom is 0.143 e. The van der Waals surface area contributed by atoms with Crippen LogP contribution in [0.25, 0.3) is 0 Å². The van der Waals surface area contributed by atoms with Crippen LogP contribution in [0.15, 0.2) is 42.5 Å². The Labute approximate surface area is 146 Å². The predicted octanol–water partition coefficient (Wildman–Crippen LogP) is 2.48. The summed E-state index contributed by atoms with van der Waals surface area (Å²) >= 11 is 0. The van der Waals surface area contributed by atoms with Gasteiger partial charge in [-0.05, 0) is 29.7 Å². The Balaban J connectivity index is 1.47. The molecule has 2 aromatic carbocycles. The summed E-state index contributed by atoms with van der Waals surface area (Å²) in [4.78, 5) is 4.37. The highest BCUT2D eigenvalue weighted by Crippen LogP contribution is 2.35. The quantitative estimate of drug-likeness (QED) is 0.915. The number of aliphatic hydroxyl groups is 1. The maximum absolute atomic E-state index is 13.8. The van der Waals surface area contributed by atoms with Gasteiger partial charge in [-0.25, -0.2) is 4.39 Å². The van der Waals surface area contributed by atoms with Gasteiger partial charge in [-0.3, -0.25) is 4.90 Å². The van der Waals surface area contributed by atoms with Crippen LogP contribution in [0, 0.1) is 17.1 Å². The second kappa shape index (κ2) is 6.47. The molecule has 0 saturated carbocycles. The molecule has 0 radical (unpaired) electrons. The molecule has 1 saturated heterocycles. The van der Waals surface area contributed by atoms with E-state index in [1.165, 1.54) is 11.6 Å². The fraction of sp³-hybridized carbons (Fsp3) is 0.350. The first kappa shape index (κ1) is 16.1. The molecule has 2 atom stereocenters. The van der Waals surface area contributed by atoms with Crippen molar-refractivity contribution in [1.29, 1.82) is 5.26 Å². The first-order valence-electron chi connectivity index (χ1n) is 8.62. The molecule has 1 heterocycles. The van der Waals surface area contributed by atoms with Crippen molar-refractivity contribution in [3.63, 3.8) is 0 Å². The van der Waals surface area contributed by atoms with Crippen LogP contribution in [-0.4, -0.2) is 42.2 Å². The minimum absolute atomic E-state index is 0.0995. The number of nitriles is 1. The average molecular weight is 337 g/mol. The van der Waals surface area contributed by atoms with E-state index < -0.39 is 11.9 Å². The van der Waals surface area contributed by atoms with Gasteiger partial charge in [0.15, 0.2) is 0 Å². The van der Waals surface area contributed by atoms with E-state index in [2.05, 4.69) is 15.9 Å². The molecule has 5 heteroatoms. The summed E-state index contributed by atoms with van der Waals surface area (Å²) in [7, 11) is 0. The molecular weight excluding hydrogens is 317 g/mol. The molecule has 0 bridgehead atoms. The van der Waals surface area contributed by atoms with E-state index in [1.54, 1.807) is 12.1 Å². The van der Waals surface area contributed by atoms with Crippen molar-refractivity contribution in [3.8, 4) is 6.07 Å². The summed E-state index contributed by atoms with van der Waals surface area (Å²) in [6.07, 6.45) is 0.410. The standard InChI is InChI=1S/C20H20FN3O/c21-17-6-3-7-18(16(17)13-22)23-8-10-24(11-9-23)19-12-14-4-1-2-5-15(14)20(19)25/h1-7,19-20,25H,8-12H2. The number of piperazine rings is 1. The average Bonchev–Trinajstić information content (AvgIpc) is 2.99. The van der Waals surface area contributed by atoms with Crippen molar-refractivity contribution in [3.05, 3.63) is 65.0 Å². The molecule has 0 spiro atoms. The molecular formula is C20H20FN3O. The minimum Gasteiger partial charge on any atom is -0.387 e. The van der Waals surface area contributed by atoms with Gasteiger partial charge in [-0.1, -0.05) is 30.3 Å². The number of anilines is 1. The molecule has 128 valence electrons. The lowest BCUT2D eigenvalue weighted by Gasteiger charge is -2.40. The van der Waals surface area contributed by atoms with Gasteiger partial charge in [-0.15, -0.1) is 0 Å². The van der Waals surface area contributed by atoms with Crippen molar-refractivity contribution in [2.24, 2.45) is 0 Å². The summed E-state index contributed by atoms with van der Waals surface area (Å²) < 4.78 is 13.8. The van der Waals surface area contributed by atoms with Crippen molar-refractivity contribution in [1.82, 2.24) is 4.90 Å². The van der Waals surface area contributed by atoms with Gasteiger partial charge < -0.3 is 10.0 Å². The molecule has 25 heavy (non-hydrogen) atoms. The topological polar surface area (TPSA) is 50.5 Å². The Morgan fingerprint density at radius 3 is 2.52 bits per heavy atom. The number of benzene rings is 2. The van der Waals surface area contributed by atoms with Crippen LogP contribution in [0.4, 0.5) is 10.1 Å². The van der Waals surface area contributed by atoms with Crippen molar-refractivity contribution in [2.75, 3.05) is 31.1 Å². The van der Waals surface area contributed by atoms with Crippen LogP contribution < -0.4 is 4.90 Å². The first-order valence-corrected chi connectivity index (χ1v) is 8.62. The number of halogens is 1. The highest BCUT2D eigenvalue weighted by atomic mass is 19.1. The van der Waals surface area contributed by atoms with Crippen LogP contribution in [0.3, 0.4) is 0 Å². The lowest BCUT2D eigenvalue weighted by molar-refractivity contribution is 0.0572. The summed E-state index contributed by atoms with van der Waals surface area (Å²) in [5, 5.41) is 19.9. The Kier molecular flexibility index (Phi) is 4.16. The van der Waals surface area contributed by atoms with E-state index in [0.717, 1.165) is 38.2 Å². The molecule has 4 nitrogen and oxygen atoms in total. The normalized spacial score (nSPS) is 23.3. The van der Waals surface area contributed by atoms with Crippen LogP contribution in [0.5, 0.6) is 0 Å². The van der Waals surface area contributed by atoms with Crippen molar-refractivity contribution >= 4 is 5.69 Å². The van der Waals surface area contributed by atoms with Crippen LogP contribution >= 0.6 is 0 Å². The largest absolute Gasteiger partial charge is 0.387 e. The highest BCUT2D eigenvalue weighted by molar-refractivity contribution is 5.60. The fourth-order valence-corrected chi connectivity index (χ4v) is 4.06. The number of rotatable bonds is 2. The van der Waals surface area contributed by atoms with Gasteiger partial charge in [0, 0.05) is 32.2 Å². The third kappa shape index (κ3) is 2.78. The van der Waals surface area contributed by atoms with Crippen LogP contribution in [0.1, 0.15) is 22.8 Å². The van der Waals surface area contributed by atoms with E-state index >= 15 is 0 Å². The predicted molar refractivity (Wildman–Crippen MR) is 93.8 cm³/mol. The molecule has 4 rings (SSSR count). The van der Waals surface area contributed by atoms with Gasteiger partial charge in [0.1, 0.15) is 17.4 Å². The Morgan fingerprint density at radius 2 is 1.80 bits per heavy atom. The number of nitrogens with zero attached hydrogens (tertiary/aromatic N) is 3. The van der Waals surface area contributed by atoms with Crippen LogP contribution in [-0.2, 0) is 6.42 Å². The number of hydrogen-bond acceptors (Lipinski definition) is 4. The first-order chi connectivity index (χ1) is 12.2. The zero-order valence-corrected chi connectivity index (χ0v) is 13.9. The number of fused-ring (bicyclic) bond motifs is 1. The third-order valence-electron chi connectivity index (χ3n) is 5.39. The van der Waals surface area contributed by atoms with Crippen LogP contribution in [0.2, 0.25) is 0 Å². The van der Waals surface area contributed by atoms with Gasteiger partial charge >= 0.3 is 0 Å². The molecule has 1 aliphatic carbocycles. The Hall–Kier alpha value is -2.42. The summed E-state index contributed by atoms with van der Waals surface area (Å²) in [5.41, 5.74) is 3.04. The van der Waals surface area contributed by atoms with E-state index in [4.69, 9.17) is 0 Å². The van der Waals surface area contributed by atoms with Gasteiger partial charge in [0.05, 0.1) is 11.8 Å². The van der Waals surface area contributed by atoms with E-state index in [1.807, 2.05) is 24.3 Å². The zero-order valence-electron chi connectivity index (χ0n) is 13.9. The van der Waals surface area contributed by atoms with Gasteiger partial charge in [0.25, 0.3) is 0 Å². The summed E-state index contributed by atoms with van der Waals surface area (Å²) in [6.45, 7) is 3.02. The zero-order chi connectivity index (χ0) is 17.4. The third-order valence-corrected chi connectivity index (χ3v) is 5.39. The maximum atomic E-state index is 13.8. The van der Waals surface area contributed by atoms with Gasteiger partial charge in [-0.2, -0.15) is 5.26 Å². The lowest BCUT2D eigenvalue weighted by atomic mass is 10.1. The molecule has 2 aliphatic rings. The fourth-order valence-electron chi connectivity index (χ4n) is 4.06. The molecule has 1 N–H and O–H groups in total. The number of aliphatic hydroxyl groups excluding tert-OH is 1. The molecule has 2 aromatic rings. The Morgan fingerprint density at radius 1 is 1.04 bits per heavy atom. The van der Waals surface area contributed by atoms with E-state index in [-0.39, 0.29) is 11.6 Å². The van der Waals surface area contributed by atoms with E-state index in [9.17, 15) is 14.8 Å². The van der Waals surface area contributed by atoms with Crippen molar-refractivity contribution < 1.29 is 9.50 Å². The SMILES string of the molecule is N#Cc1c(F)cccc1N1CCN(C2Cc3ccccc3C2O)CC1. The lowest BCUT2D eigenvalue weighted by Crippen LogP contribution is -2.51. The molecule has 1 aliphatic heterocycles. The van der Waals surface area contributed by atoms with E-state index in [0.29, 0.717) is 5.69 Å². The second-order valence-corrected chi connectivity index (χ2v) is 6.68. The minimum atomic E-state index is -0.468. The molecule has 1 fully saturated rings. The molecule has 2 unspecified atom stereocenters. The molecule has 0 aromatic heterocycles. The second-order valence-electron chi connectivity index (χ2n) is 6.68. The van der Waals surface area contributed by atoms with Gasteiger partial charge in [0.2, 0.25) is 0 Å². The molecule has 0 amide bonds. The Bertz CT molecular complexity index is 824. The highest BCUT2D eigenvalue weighted by Gasteiger charge is 2.36. The van der Waals surface area contributed by atoms with Crippen molar-refractivity contribution in [2.45, 2.75) is 18.6 Å². The monoisotopic (exact) mass is 337 g/mol. The summed E-state index contributed by atoms with van der Waals surface area (Å²) in [5.74, 6) is -0.468. The summed E-state index contributed by atoms with van der Waals surface area (Å²) in [6, 6.07) is 14.9.